The van der Waals surface area contributed by atoms with E-state index in [0.717, 1.165) is 43.0 Å². The molecule has 1 aliphatic rings. The maximum Gasteiger partial charge on any atom is 0.160 e. The summed E-state index contributed by atoms with van der Waals surface area (Å²) in [5.74, 6) is 0.877. The molecular formula is C16H27N3O. The van der Waals surface area contributed by atoms with Crippen LogP contribution in [0.25, 0.3) is 0 Å². The second kappa shape index (κ2) is 6.19. The van der Waals surface area contributed by atoms with Gasteiger partial charge in [-0.15, -0.1) is 0 Å². The molecule has 112 valence electrons. The fourth-order valence-electron chi connectivity index (χ4n) is 2.81. The third-order valence-corrected chi connectivity index (χ3v) is 4.31. The molecule has 0 radical (unpaired) electrons. The number of rotatable bonds is 6. The average Bonchev–Trinajstić information content (AvgIpc) is 2.31. The Kier molecular flexibility index (Phi) is 4.76. The third-order valence-electron chi connectivity index (χ3n) is 4.31. The fourth-order valence-corrected chi connectivity index (χ4v) is 2.81. The summed E-state index contributed by atoms with van der Waals surface area (Å²) in [5.41, 5.74) is 3.25. The fraction of sp³-hybridized carbons (Fsp3) is 0.750. The van der Waals surface area contributed by atoms with Crippen molar-refractivity contribution in [1.82, 2.24) is 15.3 Å². The Bertz CT molecular complexity index is 438. The summed E-state index contributed by atoms with van der Waals surface area (Å²) >= 11 is 0. The first-order valence-electron chi connectivity index (χ1n) is 7.61. The van der Waals surface area contributed by atoms with Crippen LogP contribution in [0.1, 0.15) is 55.9 Å². The summed E-state index contributed by atoms with van der Waals surface area (Å²) in [4.78, 5) is 9.47. The van der Waals surface area contributed by atoms with Gasteiger partial charge < -0.3 is 10.1 Å². The minimum Gasteiger partial charge on any atom is -0.370 e. The van der Waals surface area contributed by atoms with Crippen LogP contribution in [0, 0.1) is 13.8 Å². The van der Waals surface area contributed by atoms with Crippen molar-refractivity contribution in [1.29, 1.82) is 0 Å². The van der Waals surface area contributed by atoms with Crippen molar-refractivity contribution in [2.75, 3.05) is 13.7 Å². The van der Waals surface area contributed by atoms with Crippen molar-refractivity contribution in [2.24, 2.45) is 0 Å². The van der Waals surface area contributed by atoms with E-state index >= 15 is 0 Å². The van der Waals surface area contributed by atoms with E-state index in [1.807, 2.05) is 0 Å². The van der Waals surface area contributed by atoms with Crippen LogP contribution in [0.4, 0.5) is 0 Å². The lowest BCUT2D eigenvalue weighted by Crippen LogP contribution is -2.38. The second-order valence-corrected chi connectivity index (χ2v) is 6.11. The van der Waals surface area contributed by atoms with Crippen molar-refractivity contribution < 1.29 is 4.74 Å². The van der Waals surface area contributed by atoms with E-state index in [0.29, 0.717) is 6.04 Å². The van der Waals surface area contributed by atoms with Crippen LogP contribution in [-0.2, 0) is 16.8 Å². The Hall–Kier alpha value is -1.00. The second-order valence-electron chi connectivity index (χ2n) is 6.11. The molecule has 1 aliphatic carbocycles. The third kappa shape index (κ3) is 3.01. The molecule has 0 amide bonds. The number of aromatic nitrogens is 2. The molecule has 0 atom stereocenters. The lowest BCUT2D eigenvalue weighted by atomic mass is 9.79. The van der Waals surface area contributed by atoms with Crippen LogP contribution in [0.15, 0.2) is 0 Å². The molecule has 1 aromatic rings. The zero-order valence-electron chi connectivity index (χ0n) is 13.4. The first-order chi connectivity index (χ1) is 9.48. The molecule has 4 heteroatoms. The molecule has 4 nitrogen and oxygen atoms in total. The van der Waals surface area contributed by atoms with Gasteiger partial charge in [0.15, 0.2) is 5.82 Å². The monoisotopic (exact) mass is 277 g/mol. The highest BCUT2D eigenvalue weighted by Gasteiger charge is 2.42. The van der Waals surface area contributed by atoms with E-state index in [9.17, 15) is 0 Å². The molecule has 1 fully saturated rings. The highest BCUT2D eigenvalue weighted by Crippen LogP contribution is 2.42. The van der Waals surface area contributed by atoms with E-state index in [4.69, 9.17) is 14.7 Å². The number of nitrogens with one attached hydrogen (secondary N) is 1. The lowest BCUT2D eigenvalue weighted by molar-refractivity contribution is -0.0848. The minimum absolute atomic E-state index is 0.218. The molecule has 0 aliphatic heterocycles. The smallest absolute Gasteiger partial charge is 0.160 e. The lowest BCUT2D eigenvalue weighted by Gasteiger charge is -2.39. The largest absolute Gasteiger partial charge is 0.370 e. The van der Waals surface area contributed by atoms with Gasteiger partial charge in [-0.1, -0.05) is 13.8 Å². The van der Waals surface area contributed by atoms with Crippen LogP contribution >= 0.6 is 0 Å². The molecule has 0 spiro atoms. The first kappa shape index (κ1) is 15.4. The van der Waals surface area contributed by atoms with Crippen LogP contribution < -0.4 is 5.32 Å². The Morgan fingerprint density at radius 3 is 2.20 bits per heavy atom. The van der Waals surface area contributed by atoms with E-state index in [1.54, 1.807) is 7.11 Å². The van der Waals surface area contributed by atoms with Crippen LogP contribution in [0.2, 0.25) is 0 Å². The van der Waals surface area contributed by atoms with Gasteiger partial charge in [0, 0.05) is 24.5 Å². The molecule has 0 unspecified atom stereocenters. The summed E-state index contributed by atoms with van der Waals surface area (Å²) in [7, 11) is 1.77. The normalized spacial score (nSPS) is 17.3. The molecule has 1 N–H and O–H groups in total. The van der Waals surface area contributed by atoms with Crippen molar-refractivity contribution in [2.45, 2.75) is 65.0 Å². The Labute approximate surface area is 122 Å². The van der Waals surface area contributed by atoms with Gasteiger partial charge in [0.25, 0.3) is 0 Å². The predicted octanol–water partition coefficient (Wildman–Crippen LogP) is 2.66. The SMILES string of the molecule is COC1(c2nc(C)c(CCNC(C)C)c(C)n2)CCC1. The van der Waals surface area contributed by atoms with Crippen molar-refractivity contribution in [3.8, 4) is 0 Å². The number of ether oxygens (including phenoxy) is 1. The quantitative estimate of drug-likeness (QED) is 0.868. The van der Waals surface area contributed by atoms with E-state index in [2.05, 4.69) is 33.0 Å². The zero-order valence-corrected chi connectivity index (χ0v) is 13.4. The molecule has 1 aromatic heterocycles. The molecule has 0 aromatic carbocycles. The van der Waals surface area contributed by atoms with Crippen molar-refractivity contribution in [3.63, 3.8) is 0 Å². The highest BCUT2D eigenvalue weighted by molar-refractivity contribution is 5.27. The van der Waals surface area contributed by atoms with Gasteiger partial charge in [-0.3, -0.25) is 0 Å². The van der Waals surface area contributed by atoms with Crippen LogP contribution in [-0.4, -0.2) is 29.7 Å². The maximum absolute atomic E-state index is 5.68. The standard InChI is InChI=1S/C16H27N3O/c1-11(2)17-10-7-14-12(3)18-15(19-13(14)4)16(20-5)8-6-9-16/h11,17H,6-10H2,1-5H3. The molecule has 1 saturated carbocycles. The van der Waals surface area contributed by atoms with Gasteiger partial charge in [-0.2, -0.15) is 0 Å². The van der Waals surface area contributed by atoms with E-state index < -0.39 is 0 Å². The minimum atomic E-state index is -0.218. The number of hydrogen-bond donors (Lipinski definition) is 1. The molecule has 0 saturated heterocycles. The molecule has 20 heavy (non-hydrogen) atoms. The summed E-state index contributed by atoms with van der Waals surface area (Å²) in [6, 6.07) is 0.516. The molecule has 2 rings (SSSR count). The van der Waals surface area contributed by atoms with E-state index in [-0.39, 0.29) is 5.60 Å². The Balaban J connectivity index is 2.16. The van der Waals surface area contributed by atoms with Crippen LogP contribution in [0.5, 0.6) is 0 Å². The molecular weight excluding hydrogens is 250 g/mol. The Morgan fingerprint density at radius 1 is 1.20 bits per heavy atom. The summed E-state index contributed by atoms with van der Waals surface area (Å²) < 4.78 is 5.68. The summed E-state index contributed by atoms with van der Waals surface area (Å²) in [5, 5.41) is 3.45. The van der Waals surface area contributed by atoms with Gasteiger partial charge in [0.2, 0.25) is 0 Å². The van der Waals surface area contributed by atoms with Gasteiger partial charge in [0.05, 0.1) is 0 Å². The topological polar surface area (TPSA) is 47.0 Å². The number of aryl methyl sites for hydroxylation is 2. The van der Waals surface area contributed by atoms with Gasteiger partial charge in [0.1, 0.15) is 5.60 Å². The summed E-state index contributed by atoms with van der Waals surface area (Å²) in [6.07, 6.45) is 4.26. The van der Waals surface area contributed by atoms with Crippen molar-refractivity contribution >= 4 is 0 Å². The van der Waals surface area contributed by atoms with Gasteiger partial charge in [-0.05, 0) is 51.6 Å². The zero-order chi connectivity index (χ0) is 14.8. The highest BCUT2D eigenvalue weighted by atomic mass is 16.5. The first-order valence-corrected chi connectivity index (χ1v) is 7.61. The van der Waals surface area contributed by atoms with Crippen molar-refractivity contribution in [3.05, 3.63) is 22.8 Å². The van der Waals surface area contributed by atoms with Gasteiger partial charge in [-0.25, -0.2) is 9.97 Å². The summed E-state index contributed by atoms with van der Waals surface area (Å²) in [6.45, 7) is 9.48. The number of methoxy groups -OCH3 is 1. The van der Waals surface area contributed by atoms with Gasteiger partial charge >= 0.3 is 0 Å². The van der Waals surface area contributed by atoms with E-state index in [1.165, 1.54) is 12.0 Å². The average molecular weight is 277 g/mol. The number of hydrogen-bond acceptors (Lipinski definition) is 4. The molecule has 1 heterocycles. The number of nitrogens with zero attached hydrogens (tertiary/aromatic N) is 2. The Morgan fingerprint density at radius 2 is 1.80 bits per heavy atom. The molecule has 0 bridgehead atoms. The predicted molar refractivity (Wildman–Crippen MR) is 80.9 cm³/mol. The van der Waals surface area contributed by atoms with Crippen LogP contribution in [0.3, 0.4) is 0 Å². The maximum atomic E-state index is 5.68.